The van der Waals surface area contributed by atoms with Crippen LogP contribution in [0.5, 0.6) is 0 Å². The molecule has 0 saturated carbocycles. The van der Waals surface area contributed by atoms with Gasteiger partial charge in [-0.25, -0.2) is 4.98 Å². The zero-order valence-electron chi connectivity index (χ0n) is 12.2. The number of benzene rings is 1. The van der Waals surface area contributed by atoms with Crippen LogP contribution in [-0.2, 0) is 4.79 Å². The predicted octanol–water partition coefficient (Wildman–Crippen LogP) is 3.27. The summed E-state index contributed by atoms with van der Waals surface area (Å²) in [7, 11) is 0. The normalized spacial score (nSPS) is 12.2. The average Bonchev–Trinajstić information content (AvgIpc) is 2.89. The zero-order valence-corrected chi connectivity index (χ0v) is 13.7. The molecule has 0 spiro atoms. The van der Waals surface area contributed by atoms with E-state index in [0.29, 0.717) is 15.0 Å². The first-order valence-corrected chi connectivity index (χ1v) is 7.90. The number of nitrogens with one attached hydrogen (secondary N) is 1. The Kier molecular flexibility index (Phi) is 5.15. The van der Waals surface area contributed by atoms with Crippen LogP contribution in [0.25, 0.3) is 0 Å². The molecule has 7 heteroatoms. The molecule has 0 aliphatic carbocycles. The van der Waals surface area contributed by atoms with E-state index in [0.717, 1.165) is 16.9 Å². The van der Waals surface area contributed by atoms with E-state index in [-0.39, 0.29) is 17.7 Å². The van der Waals surface area contributed by atoms with Crippen LogP contribution in [0.15, 0.2) is 30.5 Å². The topological polar surface area (TPSA) is 85.1 Å². The second kappa shape index (κ2) is 6.89. The van der Waals surface area contributed by atoms with Crippen molar-refractivity contribution in [1.29, 1.82) is 0 Å². The molecule has 0 aliphatic heterocycles. The standard InChI is InChI=1S/C15H16ClN3O2S/c1-8(2)12(9-3-5-10(16)6-4-9)14(21)19-15-18-7-11(22-15)13(17)20/h3-8,12H,1-2H3,(H2,17,20)(H,18,19,21)/t12-/m0/s1. The molecule has 2 rings (SSSR count). The van der Waals surface area contributed by atoms with Crippen molar-refractivity contribution in [1.82, 2.24) is 4.98 Å². The van der Waals surface area contributed by atoms with E-state index >= 15 is 0 Å². The Hall–Kier alpha value is -1.92. The molecular formula is C15H16ClN3O2S. The van der Waals surface area contributed by atoms with E-state index in [1.807, 2.05) is 26.0 Å². The lowest BCUT2D eigenvalue weighted by molar-refractivity contribution is -0.118. The lowest BCUT2D eigenvalue weighted by Gasteiger charge is -2.20. The number of amides is 2. The van der Waals surface area contributed by atoms with Crippen molar-refractivity contribution in [2.45, 2.75) is 19.8 Å². The van der Waals surface area contributed by atoms with Crippen LogP contribution in [0.4, 0.5) is 5.13 Å². The van der Waals surface area contributed by atoms with Gasteiger partial charge in [-0.15, -0.1) is 0 Å². The highest BCUT2D eigenvalue weighted by Crippen LogP contribution is 2.28. The molecule has 3 N–H and O–H groups in total. The molecule has 2 amide bonds. The Balaban J connectivity index is 2.19. The maximum atomic E-state index is 12.5. The third kappa shape index (κ3) is 3.84. The molecule has 0 bridgehead atoms. The first-order chi connectivity index (χ1) is 10.4. The minimum Gasteiger partial charge on any atom is -0.365 e. The summed E-state index contributed by atoms with van der Waals surface area (Å²) < 4.78 is 0. The van der Waals surface area contributed by atoms with Gasteiger partial charge in [-0.2, -0.15) is 0 Å². The minimum absolute atomic E-state index is 0.0942. The molecule has 0 radical (unpaired) electrons. The number of aromatic nitrogens is 1. The largest absolute Gasteiger partial charge is 0.365 e. The summed E-state index contributed by atoms with van der Waals surface area (Å²) in [5.41, 5.74) is 6.06. The quantitative estimate of drug-likeness (QED) is 0.878. The van der Waals surface area contributed by atoms with Crippen LogP contribution in [0, 0.1) is 5.92 Å². The van der Waals surface area contributed by atoms with Gasteiger partial charge in [-0.05, 0) is 23.6 Å². The fraction of sp³-hybridized carbons (Fsp3) is 0.267. The summed E-state index contributed by atoms with van der Waals surface area (Å²) in [5.74, 6) is -0.978. The Morgan fingerprint density at radius 2 is 1.91 bits per heavy atom. The van der Waals surface area contributed by atoms with E-state index < -0.39 is 5.91 Å². The molecule has 1 aromatic heterocycles. The highest BCUT2D eigenvalue weighted by atomic mass is 35.5. The number of hydrogen-bond acceptors (Lipinski definition) is 4. The second-order valence-corrected chi connectivity index (χ2v) is 6.62. The second-order valence-electron chi connectivity index (χ2n) is 5.16. The number of nitrogens with two attached hydrogens (primary N) is 1. The molecule has 1 aromatic carbocycles. The van der Waals surface area contributed by atoms with Gasteiger partial charge >= 0.3 is 0 Å². The molecule has 2 aromatic rings. The number of hydrogen-bond donors (Lipinski definition) is 2. The summed E-state index contributed by atoms with van der Waals surface area (Å²) in [6, 6.07) is 7.19. The molecule has 0 unspecified atom stereocenters. The van der Waals surface area contributed by atoms with E-state index in [2.05, 4.69) is 10.3 Å². The predicted molar refractivity (Wildman–Crippen MR) is 88.3 cm³/mol. The number of primary amides is 1. The molecule has 0 saturated heterocycles. The van der Waals surface area contributed by atoms with Gasteiger partial charge < -0.3 is 11.1 Å². The van der Waals surface area contributed by atoms with Crippen molar-refractivity contribution < 1.29 is 9.59 Å². The number of nitrogens with zero attached hydrogens (tertiary/aromatic N) is 1. The third-order valence-corrected chi connectivity index (χ3v) is 4.34. The first kappa shape index (κ1) is 16.5. The van der Waals surface area contributed by atoms with Gasteiger partial charge in [0.1, 0.15) is 4.88 Å². The molecule has 0 fully saturated rings. The summed E-state index contributed by atoms with van der Waals surface area (Å²) >= 11 is 6.94. The monoisotopic (exact) mass is 337 g/mol. The van der Waals surface area contributed by atoms with Crippen LogP contribution in [-0.4, -0.2) is 16.8 Å². The average molecular weight is 338 g/mol. The summed E-state index contributed by atoms with van der Waals surface area (Å²) in [5, 5.41) is 3.72. The van der Waals surface area contributed by atoms with Crippen LogP contribution < -0.4 is 11.1 Å². The zero-order chi connectivity index (χ0) is 16.3. The molecular weight excluding hydrogens is 322 g/mol. The van der Waals surface area contributed by atoms with Gasteiger partial charge in [0.25, 0.3) is 5.91 Å². The van der Waals surface area contributed by atoms with Crippen molar-refractivity contribution in [3.8, 4) is 0 Å². The molecule has 1 atom stereocenters. The fourth-order valence-corrected chi connectivity index (χ4v) is 2.94. The first-order valence-electron chi connectivity index (χ1n) is 6.70. The molecule has 1 heterocycles. The van der Waals surface area contributed by atoms with Crippen LogP contribution in [0.3, 0.4) is 0 Å². The summed E-state index contributed by atoms with van der Waals surface area (Å²) in [6.07, 6.45) is 1.36. The molecule has 5 nitrogen and oxygen atoms in total. The van der Waals surface area contributed by atoms with Crippen molar-refractivity contribution >= 4 is 39.9 Å². The smallest absolute Gasteiger partial charge is 0.260 e. The van der Waals surface area contributed by atoms with Crippen LogP contribution in [0.2, 0.25) is 5.02 Å². The van der Waals surface area contributed by atoms with Gasteiger partial charge in [-0.1, -0.05) is 48.9 Å². The lowest BCUT2D eigenvalue weighted by atomic mass is 9.88. The van der Waals surface area contributed by atoms with Crippen molar-refractivity contribution in [3.63, 3.8) is 0 Å². The van der Waals surface area contributed by atoms with E-state index in [1.165, 1.54) is 6.20 Å². The summed E-state index contributed by atoms with van der Waals surface area (Å²) in [6.45, 7) is 3.94. The fourth-order valence-electron chi connectivity index (χ4n) is 2.14. The Morgan fingerprint density at radius 3 is 2.41 bits per heavy atom. The summed E-state index contributed by atoms with van der Waals surface area (Å²) in [4.78, 5) is 27.9. The van der Waals surface area contributed by atoms with E-state index in [9.17, 15) is 9.59 Å². The van der Waals surface area contributed by atoms with Gasteiger partial charge in [0.15, 0.2) is 5.13 Å². The van der Waals surface area contributed by atoms with Crippen LogP contribution >= 0.6 is 22.9 Å². The van der Waals surface area contributed by atoms with Crippen molar-refractivity contribution in [2.24, 2.45) is 11.7 Å². The molecule has 0 aliphatic rings. The Labute approximate surface area is 137 Å². The van der Waals surface area contributed by atoms with Gasteiger partial charge in [0.05, 0.1) is 12.1 Å². The maximum absolute atomic E-state index is 12.5. The number of carbonyl (C=O) groups is 2. The van der Waals surface area contributed by atoms with E-state index in [4.69, 9.17) is 17.3 Å². The highest BCUT2D eigenvalue weighted by molar-refractivity contribution is 7.17. The van der Waals surface area contributed by atoms with Crippen molar-refractivity contribution in [2.75, 3.05) is 5.32 Å². The third-order valence-electron chi connectivity index (χ3n) is 3.16. The Bertz CT molecular complexity index is 682. The SMILES string of the molecule is CC(C)[C@H](C(=O)Nc1ncc(C(N)=O)s1)c1ccc(Cl)cc1. The van der Waals surface area contributed by atoms with E-state index in [1.54, 1.807) is 12.1 Å². The number of halogens is 1. The molecule has 22 heavy (non-hydrogen) atoms. The van der Waals surface area contributed by atoms with Crippen LogP contribution in [0.1, 0.15) is 35.0 Å². The number of carbonyl (C=O) groups excluding carboxylic acids is 2. The number of rotatable bonds is 5. The maximum Gasteiger partial charge on any atom is 0.260 e. The highest BCUT2D eigenvalue weighted by Gasteiger charge is 2.25. The lowest BCUT2D eigenvalue weighted by Crippen LogP contribution is -2.25. The van der Waals surface area contributed by atoms with Gasteiger partial charge in [-0.3, -0.25) is 9.59 Å². The van der Waals surface area contributed by atoms with Gasteiger partial charge in [0, 0.05) is 5.02 Å². The Morgan fingerprint density at radius 1 is 1.27 bits per heavy atom. The molecule has 116 valence electrons. The van der Waals surface area contributed by atoms with Crippen molar-refractivity contribution in [3.05, 3.63) is 45.9 Å². The van der Waals surface area contributed by atoms with Gasteiger partial charge in [0.2, 0.25) is 5.91 Å². The number of anilines is 1. The minimum atomic E-state index is -0.559. The number of thiazole rings is 1.